The molecule has 78 valence electrons. The molecule has 0 spiro atoms. The van der Waals surface area contributed by atoms with Crippen LogP contribution in [0.25, 0.3) is 0 Å². The third kappa shape index (κ3) is 3.02. The first-order chi connectivity index (χ1) is 7.15. The van der Waals surface area contributed by atoms with Crippen LogP contribution >= 0.6 is 0 Å². The van der Waals surface area contributed by atoms with Crippen LogP contribution in [0.2, 0.25) is 0 Å². The van der Waals surface area contributed by atoms with Crippen LogP contribution in [0.4, 0.5) is 4.39 Å². The van der Waals surface area contributed by atoms with Crippen molar-refractivity contribution in [3.63, 3.8) is 0 Å². The fourth-order valence-corrected chi connectivity index (χ4v) is 0.963. The average molecular weight is 208 g/mol. The molecule has 0 N–H and O–H groups in total. The van der Waals surface area contributed by atoms with E-state index in [2.05, 4.69) is 4.74 Å². The summed E-state index contributed by atoms with van der Waals surface area (Å²) in [6, 6.07) is 5.55. The normalized spacial score (nSPS) is 10.3. The van der Waals surface area contributed by atoms with Gasteiger partial charge in [0.25, 0.3) is 0 Å². The molecule has 1 aromatic carbocycles. The maximum Gasteiger partial charge on any atom is 0.330 e. The van der Waals surface area contributed by atoms with E-state index in [1.54, 1.807) is 6.07 Å². The lowest BCUT2D eigenvalue weighted by Gasteiger charge is -1.96. The van der Waals surface area contributed by atoms with Crippen molar-refractivity contribution in [2.24, 2.45) is 0 Å². The lowest BCUT2D eigenvalue weighted by atomic mass is 10.1. The quantitative estimate of drug-likeness (QED) is 0.431. The molecular weight excluding hydrogens is 199 g/mol. The SMILES string of the molecule is COC(=O)/C=C\C(=O)c1ccccc1F. The van der Waals surface area contributed by atoms with Crippen LogP contribution in [0, 0.1) is 5.82 Å². The zero-order valence-electron chi connectivity index (χ0n) is 8.07. The Morgan fingerprint density at radius 3 is 2.53 bits per heavy atom. The lowest BCUT2D eigenvalue weighted by molar-refractivity contribution is -0.134. The highest BCUT2D eigenvalue weighted by Gasteiger charge is 2.07. The maximum atomic E-state index is 13.1. The first kappa shape index (κ1) is 11.1. The van der Waals surface area contributed by atoms with E-state index in [4.69, 9.17) is 0 Å². The van der Waals surface area contributed by atoms with Gasteiger partial charge in [-0.25, -0.2) is 9.18 Å². The molecule has 0 aliphatic rings. The van der Waals surface area contributed by atoms with Crippen LogP contribution < -0.4 is 0 Å². The topological polar surface area (TPSA) is 43.4 Å². The average Bonchev–Trinajstić information content (AvgIpc) is 2.26. The third-order valence-electron chi connectivity index (χ3n) is 1.71. The van der Waals surface area contributed by atoms with Crippen molar-refractivity contribution in [1.29, 1.82) is 0 Å². The predicted molar refractivity (Wildman–Crippen MR) is 51.9 cm³/mol. The standard InChI is InChI=1S/C11H9FO3/c1-15-11(14)7-6-10(13)8-4-2-3-5-9(8)12/h2-7H,1H3/b7-6-. The summed E-state index contributed by atoms with van der Waals surface area (Å²) in [4.78, 5) is 22.0. The summed E-state index contributed by atoms with van der Waals surface area (Å²) in [6.45, 7) is 0. The largest absolute Gasteiger partial charge is 0.466 e. The Balaban J connectivity index is 2.83. The van der Waals surface area contributed by atoms with E-state index in [1.165, 1.54) is 25.3 Å². The van der Waals surface area contributed by atoms with E-state index in [0.29, 0.717) is 0 Å². The number of benzene rings is 1. The summed E-state index contributed by atoms with van der Waals surface area (Å²) < 4.78 is 17.4. The second-order valence-corrected chi connectivity index (χ2v) is 2.70. The van der Waals surface area contributed by atoms with Crippen LogP contribution in [0.5, 0.6) is 0 Å². The highest BCUT2D eigenvalue weighted by Crippen LogP contribution is 2.07. The molecule has 0 fully saturated rings. The first-order valence-electron chi connectivity index (χ1n) is 4.20. The van der Waals surface area contributed by atoms with Crippen LogP contribution in [0.15, 0.2) is 36.4 Å². The zero-order valence-corrected chi connectivity index (χ0v) is 8.07. The summed E-state index contributed by atoms with van der Waals surface area (Å²) >= 11 is 0. The minimum Gasteiger partial charge on any atom is -0.466 e. The van der Waals surface area contributed by atoms with Crippen LogP contribution in [-0.4, -0.2) is 18.9 Å². The molecule has 15 heavy (non-hydrogen) atoms. The van der Waals surface area contributed by atoms with Gasteiger partial charge in [-0.2, -0.15) is 0 Å². The highest BCUT2D eigenvalue weighted by atomic mass is 19.1. The van der Waals surface area contributed by atoms with Crippen molar-refractivity contribution in [2.45, 2.75) is 0 Å². The Morgan fingerprint density at radius 2 is 1.93 bits per heavy atom. The van der Waals surface area contributed by atoms with Crippen molar-refractivity contribution in [3.05, 3.63) is 47.8 Å². The molecule has 0 saturated carbocycles. The number of ether oxygens (including phenoxy) is 1. The fraction of sp³-hybridized carbons (Fsp3) is 0.0909. The first-order valence-corrected chi connectivity index (χ1v) is 4.20. The number of hydrogen-bond acceptors (Lipinski definition) is 3. The Kier molecular flexibility index (Phi) is 3.74. The molecule has 1 rings (SSSR count). The van der Waals surface area contributed by atoms with Crippen LogP contribution in [-0.2, 0) is 9.53 Å². The number of carbonyl (C=O) groups excluding carboxylic acids is 2. The molecule has 0 heterocycles. The Labute approximate surface area is 86.2 Å². The summed E-state index contributed by atoms with van der Waals surface area (Å²) in [5, 5.41) is 0. The monoisotopic (exact) mass is 208 g/mol. The van der Waals surface area contributed by atoms with Crippen LogP contribution in [0.1, 0.15) is 10.4 Å². The molecule has 0 radical (unpaired) electrons. The Morgan fingerprint density at radius 1 is 1.27 bits per heavy atom. The molecule has 3 nitrogen and oxygen atoms in total. The second-order valence-electron chi connectivity index (χ2n) is 2.70. The zero-order chi connectivity index (χ0) is 11.3. The third-order valence-corrected chi connectivity index (χ3v) is 1.71. The van der Waals surface area contributed by atoms with Gasteiger partial charge in [0.15, 0.2) is 5.78 Å². The molecule has 0 aliphatic heterocycles. The molecule has 0 unspecified atom stereocenters. The predicted octanol–water partition coefficient (Wildman–Crippen LogP) is 1.74. The van der Waals surface area contributed by atoms with Gasteiger partial charge in [-0.15, -0.1) is 0 Å². The Hall–Kier alpha value is -1.97. The molecule has 1 aromatic rings. The van der Waals surface area contributed by atoms with Gasteiger partial charge >= 0.3 is 5.97 Å². The van der Waals surface area contributed by atoms with Crippen molar-refractivity contribution in [2.75, 3.05) is 7.11 Å². The lowest BCUT2D eigenvalue weighted by Crippen LogP contribution is -2.01. The second kappa shape index (κ2) is 5.05. The van der Waals surface area contributed by atoms with Gasteiger partial charge in [-0.3, -0.25) is 4.79 Å². The van der Waals surface area contributed by atoms with E-state index in [9.17, 15) is 14.0 Å². The van der Waals surface area contributed by atoms with E-state index < -0.39 is 17.6 Å². The maximum absolute atomic E-state index is 13.1. The van der Waals surface area contributed by atoms with Gasteiger partial charge in [0.2, 0.25) is 0 Å². The summed E-state index contributed by atoms with van der Waals surface area (Å²) in [7, 11) is 1.19. The van der Waals surface area contributed by atoms with Gasteiger partial charge in [-0.05, 0) is 18.2 Å². The molecular formula is C11H9FO3. The fourth-order valence-electron chi connectivity index (χ4n) is 0.963. The van der Waals surface area contributed by atoms with E-state index in [1.807, 2.05) is 0 Å². The number of rotatable bonds is 3. The minimum atomic E-state index is -0.653. The van der Waals surface area contributed by atoms with Gasteiger partial charge in [0.05, 0.1) is 12.7 Å². The van der Waals surface area contributed by atoms with Crippen LogP contribution in [0.3, 0.4) is 0 Å². The summed E-state index contributed by atoms with van der Waals surface area (Å²) in [5.74, 6) is -1.84. The number of methoxy groups -OCH3 is 1. The number of carbonyl (C=O) groups is 2. The molecule has 4 heteroatoms. The molecule has 0 saturated heterocycles. The molecule has 0 amide bonds. The van der Waals surface area contributed by atoms with Crippen molar-refractivity contribution in [1.82, 2.24) is 0 Å². The van der Waals surface area contributed by atoms with Crippen molar-refractivity contribution >= 4 is 11.8 Å². The van der Waals surface area contributed by atoms with E-state index in [-0.39, 0.29) is 5.56 Å². The Bertz CT molecular complexity index is 410. The number of hydrogen-bond donors (Lipinski definition) is 0. The van der Waals surface area contributed by atoms with Gasteiger partial charge in [0.1, 0.15) is 5.82 Å². The molecule has 0 aliphatic carbocycles. The van der Waals surface area contributed by atoms with Gasteiger partial charge < -0.3 is 4.74 Å². The number of esters is 1. The van der Waals surface area contributed by atoms with Crippen molar-refractivity contribution < 1.29 is 18.7 Å². The van der Waals surface area contributed by atoms with Crippen molar-refractivity contribution in [3.8, 4) is 0 Å². The minimum absolute atomic E-state index is 0.0716. The molecule has 0 atom stereocenters. The summed E-state index contributed by atoms with van der Waals surface area (Å²) in [6.07, 6.45) is 1.93. The van der Waals surface area contributed by atoms with Gasteiger partial charge in [-0.1, -0.05) is 12.1 Å². The molecule has 0 aromatic heterocycles. The summed E-state index contributed by atoms with van der Waals surface area (Å²) in [5.41, 5.74) is -0.0716. The number of halogens is 1. The van der Waals surface area contributed by atoms with Gasteiger partial charge in [0, 0.05) is 6.08 Å². The van der Waals surface area contributed by atoms with E-state index >= 15 is 0 Å². The highest BCUT2D eigenvalue weighted by molar-refractivity contribution is 6.07. The smallest absolute Gasteiger partial charge is 0.330 e. The van der Waals surface area contributed by atoms with E-state index in [0.717, 1.165) is 12.2 Å². The number of allylic oxidation sites excluding steroid dienone is 1. The molecule has 0 bridgehead atoms. The number of ketones is 1.